The van der Waals surface area contributed by atoms with Crippen LogP contribution in [0.1, 0.15) is 11.1 Å². The zero-order valence-electron chi connectivity index (χ0n) is 15.9. The van der Waals surface area contributed by atoms with Crippen LogP contribution in [0.3, 0.4) is 0 Å². The smallest absolute Gasteiger partial charge is 0.271 e. The topological polar surface area (TPSA) is 110 Å². The van der Waals surface area contributed by atoms with E-state index >= 15 is 0 Å². The van der Waals surface area contributed by atoms with Crippen molar-refractivity contribution in [3.63, 3.8) is 0 Å². The highest BCUT2D eigenvalue weighted by Gasteiger charge is 2.40. The average Bonchev–Trinajstić information content (AvgIpc) is 3.30. The number of carbonyl (C=O) groups is 1. The molecule has 0 aliphatic carbocycles. The molecular formula is C20H16FN3O5S2. The number of fused-ring (bicyclic) bond motifs is 1. The van der Waals surface area contributed by atoms with Crippen molar-refractivity contribution in [3.05, 3.63) is 87.0 Å². The summed E-state index contributed by atoms with van der Waals surface area (Å²) < 4.78 is 41.8. The number of nitrogens with one attached hydrogen (secondary N) is 1. The van der Waals surface area contributed by atoms with Gasteiger partial charge < -0.3 is 5.32 Å². The summed E-state index contributed by atoms with van der Waals surface area (Å²) in [6.07, 6.45) is 0.0865. The molecule has 0 radical (unpaired) electrons. The van der Waals surface area contributed by atoms with Gasteiger partial charge in [0.15, 0.2) is 0 Å². The summed E-state index contributed by atoms with van der Waals surface area (Å²) in [7, 11) is -3.99. The molecule has 1 amide bonds. The minimum Gasteiger partial charge on any atom is -0.322 e. The van der Waals surface area contributed by atoms with E-state index in [0.717, 1.165) is 45.0 Å². The van der Waals surface area contributed by atoms with Crippen molar-refractivity contribution in [3.8, 4) is 0 Å². The molecular weight excluding hydrogens is 445 g/mol. The number of rotatable bonds is 5. The van der Waals surface area contributed by atoms with Gasteiger partial charge in [-0.15, -0.1) is 11.3 Å². The van der Waals surface area contributed by atoms with Gasteiger partial charge in [0.1, 0.15) is 16.1 Å². The van der Waals surface area contributed by atoms with E-state index in [1.807, 2.05) is 0 Å². The van der Waals surface area contributed by atoms with E-state index in [-0.39, 0.29) is 22.9 Å². The van der Waals surface area contributed by atoms with Crippen LogP contribution in [-0.4, -0.2) is 29.6 Å². The summed E-state index contributed by atoms with van der Waals surface area (Å²) in [5.74, 6) is -1.63. The first-order chi connectivity index (χ1) is 14.8. The Morgan fingerprint density at radius 1 is 1.16 bits per heavy atom. The van der Waals surface area contributed by atoms with Crippen LogP contribution in [0.4, 0.5) is 15.8 Å². The number of nitrogens with zero attached hydrogens (tertiary/aromatic N) is 2. The van der Waals surface area contributed by atoms with Gasteiger partial charge in [-0.3, -0.25) is 14.9 Å². The molecule has 1 unspecified atom stereocenters. The number of sulfonamides is 1. The zero-order valence-corrected chi connectivity index (χ0v) is 17.5. The number of carbonyl (C=O) groups excluding carboxylic acids is 1. The lowest BCUT2D eigenvalue weighted by atomic mass is 9.95. The van der Waals surface area contributed by atoms with Crippen molar-refractivity contribution in [2.45, 2.75) is 23.2 Å². The van der Waals surface area contributed by atoms with Crippen LogP contribution in [0.25, 0.3) is 0 Å². The maximum absolute atomic E-state index is 14.2. The van der Waals surface area contributed by atoms with Crippen LogP contribution >= 0.6 is 11.3 Å². The number of benzene rings is 2. The van der Waals surface area contributed by atoms with Crippen molar-refractivity contribution < 1.29 is 22.5 Å². The fourth-order valence-electron chi connectivity index (χ4n) is 3.44. The first-order valence-electron chi connectivity index (χ1n) is 9.14. The molecule has 1 atom stereocenters. The quantitative estimate of drug-likeness (QED) is 0.462. The third-order valence-corrected chi connectivity index (χ3v) is 8.21. The Morgan fingerprint density at radius 2 is 1.90 bits per heavy atom. The van der Waals surface area contributed by atoms with Crippen LogP contribution in [-0.2, 0) is 27.8 Å². The van der Waals surface area contributed by atoms with Gasteiger partial charge >= 0.3 is 0 Å². The van der Waals surface area contributed by atoms with Gasteiger partial charge in [-0.1, -0.05) is 30.3 Å². The van der Waals surface area contributed by atoms with Crippen LogP contribution in [0.5, 0.6) is 0 Å². The van der Waals surface area contributed by atoms with E-state index in [9.17, 15) is 27.7 Å². The Hall–Kier alpha value is -3.15. The normalized spacial score (nSPS) is 16.5. The highest BCUT2D eigenvalue weighted by atomic mass is 32.2. The first-order valence-corrected chi connectivity index (χ1v) is 11.5. The summed E-state index contributed by atoms with van der Waals surface area (Å²) in [5.41, 5.74) is 0.799. The Labute approximate surface area is 181 Å². The minimum atomic E-state index is -3.99. The Balaban J connectivity index is 1.71. The largest absolute Gasteiger partial charge is 0.322 e. The van der Waals surface area contributed by atoms with Gasteiger partial charge in [0.2, 0.25) is 5.91 Å². The second kappa shape index (κ2) is 8.17. The maximum Gasteiger partial charge on any atom is 0.271 e. The van der Waals surface area contributed by atoms with E-state index in [0.29, 0.717) is 0 Å². The molecule has 31 heavy (non-hydrogen) atoms. The van der Waals surface area contributed by atoms with Crippen LogP contribution in [0, 0.1) is 15.9 Å². The van der Waals surface area contributed by atoms with Crippen LogP contribution in [0.15, 0.2) is 64.2 Å². The van der Waals surface area contributed by atoms with Crippen LogP contribution in [0.2, 0.25) is 0 Å². The van der Waals surface area contributed by atoms with Gasteiger partial charge in [0.05, 0.1) is 10.6 Å². The number of thiophene rings is 1. The summed E-state index contributed by atoms with van der Waals surface area (Å²) in [6.45, 7) is -0.0219. The summed E-state index contributed by atoms with van der Waals surface area (Å²) in [4.78, 5) is 23.4. The third-order valence-electron chi connectivity index (χ3n) is 4.98. The Bertz CT molecular complexity index is 1260. The molecule has 11 heteroatoms. The van der Waals surface area contributed by atoms with Gasteiger partial charge in [0.25, 0.3) is 15.7 Å². The SMILES string of the molecule is O=C(Nc1cc([N+](=O)[O-])ccc1F)C1Cc2ccccc2CN1S(=O)(=O)c1cccs1. The predicted octanol–water partition coefficient (Wildman–Crippen LogP) is 3.55. The molecule has 1 aliphatic heterocycles. The second-order valence-corrected chi connectivity index (χ2v) is 9.95. The van der Waals surface area contributed by atoms with Crippen molar-refractivity contribution in [1.82, 2.24) is 4.31 Å². The van der Waals surface area contributed by atoms with E-state index < -0.39 is 38.4 Å². The Morgan fingerprint density at radius 3 is 2.58 bits per heavy atom. The molecule has 0 saturated carbocycles. The standard InChI is InChI=1S/C20H16FN3O5S2/c21-16-8-7-15(24(26)27)11-17(16)22-20(25)18-10-13-4-1-2-5-14(13)12-23(18)31(28,29)19-6-3-9-30-19/h1-9,11,18H,10,12H2,(H,22,25). The highest BCUT2D eigenvalue weighted by Crippen LogP contribution is 2.32. The van der Waals surface area contributed by atoms with Gasteiger partial charge in [-0.05, 0) is 35.1 Å². The minimum absolute atomic E-state index is 0.0219. The lowest BCUT2D eigenvalue weighted by molar-refractivity contribution is -0.384. The molecule has 2 heterocycles. The molecule has 8 nitrogen and oxygen atoms in total. The predicted molar refractivity (Wildman–Crippen MR) is 113 cm³/mol. The van der Waals surface area contributed by atoms with E-state index in [2.05, 4.69) is 5.32 Å². The molecule has 4 rings (SSSR count). The molecule has 0 bridgehead atoms. The highest BCUT2D eigenvalue weighted by molar-refractivity contribution is 7.91. The van der Waals surface area contributed by atoms with E-state index in [4.69, 9.17) is 0 Å². The van der Waals surface area contributed by atoms with Crippen molar-refractivity contribution in [2.24, 2.45) is 0 Å². The Kier molecular flexibility index (Phi) is 5.56. The summed E-state index contributed by atoms with van der Waals surface area (Å²) in [6, 6.07) is 11.8. The van der Waals surface area contributed by atoms with E-state index in [1.165, 1.54) is 6.07 Å². The van der Waals surface area contributed by atoms with Crippen molar-refractivity contribution in [1.29, 1.82) is 0 Å². The number of nitro benzene ring substituents is 1. The fourth-order valence-corrected chi connectivity index (χ4v) is 6.12. The average molecular weight is 461 g/mol. The summed E-state index contributed by atoms with van der Waals surface area (Å²) in [5, 5.41) is 14.9. The fraction of sp³-hybridized carbons (Fsp3) is 0.150. The lowest BCUT2D eigenvalue weighted by Crippen LogP contribution is -2.50. The number of nitro groups is 1. The molecule has 1 aliphatic rings. The molecule has 1 N–H and O–H groups in total. The molecule has 2 aromatic carbocycles. The number of hydrogen-bond acceptors (Lipinski definition) is 6. The van der Waals surface area contributed by atoms with Gasteiger partial charge in [-0.2, -0.15) is 4.31 Å². The van der Waals surface area contributed by atoms with Crippen molar-refractivity contribution in [2.75, 3.05) is 5.32 Å². The van der Waals surface area contributed by atoms with Gasteiger partial charge in [0, 0.05) is 18.7 Å². The molecule has 160 valence electrons. The number of halogens is 1. The van der Waals surface area contributed by atoms with E-state index in [1.54, 1.807) is 35.7 Å². The molecule has 3 aromatic rings. The first kappa shape index (κ1) is 21.1. The molecule has 1 aromatic heterocycles. The maximum atomic E-state index is 14.2. The molecule has 0 saturated heterocycles. The number of non-ortho nitro benzene ring substituents is 1. The molecule has 0 fully saturated rings. The van der Waals surface area contributed by atoms with Crippen molar-refractivity contribution >= 4 is 38.6 Å². The number of amides is 1. The number of hydrogen-bond donors (Lipinski definition) is 1. The monoisotopic (exact) mass is 461 g/mol. The third kappa shape index (κ3) is 4.07. The summed E-state index contributed by atoms with van der Waals surface area (Å²) >= 11 is 1.03. The zero-order chi connectivity index (χ0) is 22.2. The van der Waals surface area contributed by atoms with Gasteiger partial charge in [-0.25, -0.2) is 12.8 Å². The second-order valence-electron chi connectivity index (χ2n) is 6.88. The molecule has 0 spiro atoms. The number of anilines is 1. The lowest BCUT2D eigenvalue weighted by Gasteiger charge is -2.34. The van der Waals surface area contributed by atoms with Crippen LogP contribution < -0.4 is 5.32 Å².